The van der Waals surface area contributed by atoms with Gasteiger partial charge in [0.05, 0.1) is 5.56 Å². The van der Waals surface area contributed by atoms with Gasteiger partial charge in [-0.3, -0.25) is 0 Å². The van der Waals surface area contributed by atoms with Crippen molar-refractivity contribution < 1.29 is 13.2 Å². The Balaban J connectivity index is 3.19. The molecule has 0 saturated heterocycles. The van der Waals surface area contributed by atoms with Gasteiger partial charge in [0.1, 0.15) is 0 Å². The van der Waals surface area contributed by atoms with Crippen molar-refractivity contribution in [3.63, 3.8) is 0 Å². The van der Waals surface area contributed by atoms with Gasteiger partial charge in [-0.15, -0.1) is 0 Å². The molecule has 0 saturated carbocycles. The molecule has 1 aromatic rings. The number of rotatable bonds is 5. The molecule has 1 N–H and O–H groups in total. The zero-order chi connectivity index (χ0) is 14.6. The first-order chi connectivity index (χ1) is 8.85. The van der Waals surface area contributed by atoms with Crippen LogP contribution in [0.15, 0.2) is 22.7 Å². The summed E-state index contributed by atoms with van der Waals surface area (Å²) in [4.78, 5) is 0. The van der Waals surface area contributed by atoms with Crippen molar-refractivity contribution in [2.24, 2.45) is 5.92 Å². The van der Waals surface area contributed by atoms with E-state index < -0.39 is 11.7 Å². The van der Waals surface area contributed by atoms with Crippen LogP contribution in [-0.2, 0) is 6.18 Å². The molecular weight excluding hydrogens is 319 g/mol. The minimum absolute atomic E-state index is 0.0517. The van der Waals surface area contributed by atoms with Gasteiger partial charge in [-0.25, -0.2) is 0 Å². The van der Waals surface area contributed by atoms with Gasteiger partial charge in [0, 0.05) is 10.5 Å². The quantitative estimate of drug-likeness (QED) is 0.781. The SMILES string of the molecule is CCC(CC)C(NC)c1ccc(Br)c(C(F)(F)F)c1. The highest BCUT2D eigenvalue weighted by molar-refractivity contribution is 9.10. The summed E-state index contributed by atoms with van der Waals surface area (Å²) in [5.41, 5.74) is 0.0722. The summed E-state index contributed by atoms with van der Waals surface area (Å²) in [6.07, 6.45) is -2.47. The lowest BCUT2D eigenvalue weighted by atomic mass is 9.88. The van der Waals surface area contributed by atoms with E-state index in [0.29, 0.717) is 11.5 Å². The van der Waals surface area contributed by atoms with Crippen molar-refractivity contribution >= 4 is 15.9 Å². The second kappa shape index (κ2) is 6.75. The second-order valence-corrected chi connectivity index (χ2v) is 5.43. The molecule has 1 aromatic carbocycles. The molecule has 0 aromatic heterocycles. The zero-order valence-electron chi connectivity index (χ0n) is 11.3. The second-order valence-electron chi connectivity index (χ2n) is 4.58. The van der Waals surface area contributed by atoms with Crippen molar-refractivity contribution in [3.05, 3.63) is 33.8 Å². The first kappa shape index (κ1) is 16.5. The molecule has 0 amide bonds. The van der Waals surface area contributed by atoms with Crippen molar-refractivity contribution in [2.75, 3.05) is 7.05 Å². The Bertz CT molecular complexity index is 414. The monoisotopic (exact) mass is 337 g/mol. The lowest BCUT2D eigenvalue weighted by Crippen LogP contribution is -2.25. The lowest BCUT2D eigenvalue weighted by molar-refractivity contribution is -0.138. The Morgan fingerprint density at radius 1 is 1.21 bits per heavy atom. The Labute approximate surface area is 120 Å². The summed E-state index contributed by atoms with van der Waals surface area (Å²) in [6, 6.07) is 4.41. The Hall–Kier alpha value is -0.550. The highest BCUT2D eigenvalue weighted by Gasteiger charge is 2.34. The molecule has 0 fully saturated rings. The van der Waals surface area contributed by atoms with Gasteiger partial charge in [0.2, 0.25) is 0 Å². The van der Waals surface area contributed by atoms with Crippen LogP contribution in [0.25, 0.3) is 0 Å². The van der Waals surface area contributed by atoms with Crippen LogP contribution in [0, 0.1) is 5.92 Å². The maximum atomic E-state index is 12.9. The molecule has 0 heterocycles. The van der Waals surface area contributed by atoms with Gasteiger partial charge in [0.25, 0.3) is 0 Å². The average Bonchev–Trinajstić information content (AvgIpc) is 2.35. The fraction of sp³-hybridized carbons (Fsp3) is 0.571. The molecule has 5 heteroatoms. The highest BCUT2D eigenvalue weighted by Crippen LogP contribution is 2.37. The van der Waals surface area contributed by atoms with Crippen LogP contribution >= 0.6 is 15.9 Å². The number of hydrogen-bond acceptors (Lipinski definition) is 1. The zero-order valence-corrected chi connectivity index (χ0v) is 12.9. The van der Waals surface area contributed by atoms with E-state index in [0.717, 1.165) is 12.8 Å². The van der Waals surface area contributed by atoms with E-state index in [4.69, 9.17) is 0 Å². The summed E-state index contributed by atoms with van der Waals surface area (Å²) in [6.45, 7) is 4.12. The molecule has 1 nitrogen and oxygen atoms in total. The smallest absolute Gasteiger partial charge is 0.313 e. The number of hydrogen-bond donors (Lipinski definition) is 1. The van der Waals surface area contributed by atoms with Gasteiger partial charge in [-0.2, -0.15) is 13.2 Å². The maximum absolute atomic E-state index is 12.9. The van der Waals surface area contributed by atoms with Crippen molar-refractivity contribution in [3.8, 4) is 0 Å². The standard InChI is InChI=1S/C14H19BrF3N/c1-4-9(5-2)13(19-3)10-6-7-12(15)11(8-10)14(16,17)18/h6-9,13,19H,4-5H2,1-3H3. The van der Waals surface area contributed by atoms with E-state index in [9.17, 15) is 13.2 Å². The molecule has 1 rings (SSSR count). The molecule has 1 unspecified atom stereocenters. The number of nitrogens with one attached hydrogen (secondary N) is 1. The third-order valence-electron chi connectivity index (χ3n) is 3.49. The van der Waals surface area contributed by atoms with Crippen LogP contribution in [0.1, 0.15) is 43.9 Å². The Kier molecular flexibility index (Phi) is 5.86. The van der Waals surface area contributed by atoms with Crippen molar-refractivity contribution in [2.45, 2.75) is 38.9 Å². The lowest BCUT2D eigenvalue weighted by Gasteiger charge is -2.26. The van der Waals surface area contributed by atoms with E-state index in [1.807, 2.05) is 0 Å². The molecule has 0 aliphatic heterocycles. The highest BCUT2D eigenvalue weighted by atomic mass is 79.9. The van der Waals surface area contributed by atoms with E-state index in [1.54, 1.807) is 13.1 Å². The van der Waals surface area contributed by atoms with Crippen LogP contribution in [0.3, 0.4) is 0 Å². The summed E-state index contributed by atoms with van der Waals surface area (Å²) < 4.78 is 38.8. The topological polar surface area (TPSA) is 12.0 Å². The minimum atomic E-state index is -4.33. The van der Waals surface area contributed by atoms with E-state index >= 15 is 0 Å². The predicted molar refractivity (Wildman–Crippen MR) is 75.0 cm³/mol. The van der Waals surface area contributed by atoms with Crippen molar-refractivity contribution in [1.29, 1.82) is 0 Å². The molecule has 19 heavy (non-hydrogen) atoms. The largest absolute Gasteiger partial charge is 0.417 e. The Morgan fingerprint density at radius 3 is 2.21 bits per heavy atom. The Morgan fingerprint density at radius 2 is 1.79 bits per heavy atom. The first-order valence-corrected chi connectivity index (χ1v) is 7.18. The summed E-state index contributed by atoms with van der Waals surface area (Å²) >= 11 is 2.97. The maximum Gasteiger partial charge on any atom is 0.417 e. The van der Waals surface area contributed by atoms with E-state index in [2.05, 4.69) is 35.1 Å². The van der Waals surface area contributed by atoms with Crippen LogP contribution < -0.4 is 5.32 Å². The predicted octanol–water partition coefficient (Wildman–Crippen LogP) is 5.16. The van der Waals surface area contributed by atoms with Gasteiger partial charge in [0.15, 0.2) is 0 Å². The normalized spacial score (nSPS) is 13.9. The molecule has 1 atom stereocenters. The molecule has 0 spiro atoms. The summed E-state index contributed by atoms with van der Waals surface area (Å²) in [5.74, 6) is 0.326. The molecule has 0 aliphatic rings. The van der Waals surface area contributed by atoms with Crippen LogP contribution in [0.5, 0.6) is 0 Å². The molecule has 0 bridgehead atoms. The van der Waals surface area contributed by atoms with Gasteiger partial charge in [-0.1, -0.05) is 48.7 Å². The summed E-state index contributed by atoms with van der Waals surface area (Å²) in [5, 5.41) is 3.14. The van der Waals surface area contributed by atoms with Crippen LogP contribution in [0.4, 0.5) is 13.2 Å². The fourth-order valence-electron chi connectivity index (χ4n) is 2.39. The fourth-order valence-corrected chi connectivity index (χ4v) is 2.86. The minimum Gasteiger partial charge on any atom is -0.313 e. The molecule has 0 aliphatic carbocycles. The number of benzene rings is 1. The molecular formula is C14H19BrF3N. The first-order valence-electron chi connectivity index (χ1n) is 6.39. The molecule has 0 radical (unpaired) electrons. The van der Waals surface area contributed by atoms with Crippen LogP contribution in [0.2, 0.25) is 0 Å². The average molecular weight is 338 g/mol. The van der Waals surface area contributed by atoms with E-state index in [1.165, 1.54) is 12.1 Å². The third kappa shape index (κ3) is 3.96. The van der Waals surface area contributed by atoms with Gasteiger partial charge in [-0.05, 0) is 30.7 Å². The third-order valence-corrected chi connectivity index (χ3v) is 4.18. The van der Waals surface area contributed by atoms with Crippen LogP contribution in [-0.4, -0.2) is 7.05 Å². The van der Waals surface area contributed by atoms with Crippen molar-refractivity contribution in [1.82, 2.24) is 5.32 Å². The van der Waals surface area contributed by atoms with Gasteiger partial charge >= 0.3 is 6.18 Å². The molecule has 108 valence electrons. The summed E-state index contributed by atoms with van der Waals surface area (Å²) in [7, 11) is 1.79. The number of halogens is 4. The van der Waals surface area contributed by atoms with Gasteiger partial charge < -0.3 is 5.32 Å². The van der Waals surface area contributed by atoms with E-state index in [-0.39, 0.29) is 10.5 Å². The number of alkyl halides is 3.